The van der Waals surface area contributed by atoms with Crippen molar-refractivity contribution in [3.63, 3.8) is 0 Å². The zero-order valence-electron chi connectivity index (χ0n) is 8.51. The zero-order valence-corrected chi connectivity index (χ0v) is 11.7. The van der Waals surface area contributed by atoms with E-state index < -0.39 is 16.1 Å². The van der Waals surface area contributed by atoms with Gasteiger partial charge in [0, 0.05) is 13.7 Å². The van der Waals surface area contributed by atoms with Gasteiger partial charge in [0.05, 0.1) is 16.5 Å². The fourth-order valence-corrected chi connectivity index (χ4v) is 4.10. The van der Waals surface area contributed by atoms with Gasteiger partial charge in [-0.15, -0.1) is 11.3 Å². The Bertz CT molecular complexity index is 431. The molecule has 1 atom stereocenters. The quantitative estimate of drug-likeness (QED) is 0.809. The summed E-state index contributed by atoms with van der Waals surface area (Å²) in [4.78, 5) is 0. The van der Waals surface area contributed by atoms with Crippen LogP contribution < -0.4 is 4.72 Å². The lowest BCUT2D eigenvalue weighted by molar-refractivity contribution is 0.0679. The van der Waals surface area contributed by atoms with Crippen LogP contribution in [0.5, 0.6) is 0 Å². The number of aliphatic hydroxyl groups excluding tert-OH is 1. The summed E-state index contributed by atoms with van der Waals surface area (Å²) < 4.78 is 31.3. The molecule has 0 bridgehead atoms. The molecule has 0 saturated carbocycles. The highest BCUT2D eigenvalue weighted by Gasteiger charge is 2.17. The van der Waals surface area contributed by atoms with E-state index in [-0.39, 0.29) is 17.4 Å². The summed E-state index contributed by atoms with van der Waals surface area (Å²) in [6, 6.07) is 3.16. The second kappa shape index (κ2) is 6.08. The maximum absolute atomic E-state index is 11.7. The Labute approximate surface area is 107 Å². The topological polar surface area (TPSA) is 75.6 Å². The highest BCUT2D eigenvalue weighted by molar-refractivity contribution is 9.11. The number of sulfonamides is 1. The van der Waals surface area contributed by atoms with E-state index in [4.69, 9.17) is 0 Å². The highest BCUT2D eigenvalue weighted by Crippen LogP contribution is 2.25. The van der Waals surface area contributed by atoms with E-state index in [1.54, 1.807) is 6.07 Å². The van der Waals surface area contributed by atoms with E-state index in [1.807, 2.05) is 0 Å². The molecule has 0 spiro atoms. The summed E-state index contributed by atoms with van der Waals surface area (Å²) >= 11 is 4.30. The van der Waals surface area contributed by atoms with Crippen molar-refractivity contribution in [1.82, 2.24) is 4.72 Å². The van der Waals surface area contributed by atoms with Gasteiger partial charge < -0.3 is 9.84 Å². The van der Waals surface area contributed by atoms with Crippen LogP contribution in [0.3, 0.4) is 0 Å². The molecule has 16 heavy (non-hydrogen) atoms. The predicted molar refractivity (Wildman–Crippen MR) is 65.1 cm³/mol. The number of halogens is 1. The van der Waals surface area contributed by atoms with Crippen LogP contribution in [0.25, 0.3) is 0 Å². The predicted octanol–water partition coefficient (Wildman–Crippen LogP) is 0.796. The largest absolute Gasteiger partial charge is 0.389 e. The molecule has 8 heteroatoms. The van der Waals surface area contributed by atoms with Gasteiger partial charge in [-0.05, 0) is 28.1 Å². The van der Waals surface area contributed by atoms with Crippen molar-refractivity contribution in [1.29, 1.82) is 0 Å². The number of hydrogen-bond donors (Lipinski definition) is 2. The van der Waals surface area contributed by atoms with Crippen molar-refractivity contribution in [3.8, 4) is 0 Å². The number of thiophene rings is 1. The first-order valence-corrected chi connectivity index (χ1v) is 7.47. The molecule has 5 nitrogen and oxygen atoms in total. The Balaban J connectivity index is 2.59. The molecule has 0 amide bonds. The number of rotatable bonds is 6. The molecule has 0 aromatic carbocycles. The van der Waals surface area contributed by atoms with Gasteiger partial charge in [-0.3, -0.25) is 0 Å². The van der Waals surface area contributed by atoms with Crippen LogP contribution in [0.4, 0.5) is 0 Å². The summed E-state index contributed by atoms with van der Waals surface area (Å²) in [5, 5.41) is 9.31. The molecule has 1 aromatic rings. The van der Waals surface area contributed by atoms with Crippen molar-refractivity contribution in [2.24, 2.45) is 0 Å². The van der Waals surface area contributed by atoms with Crippen molar-refractivity contribution < 1.29 is 18.3 Å². The maximum Gasteiger partial charge on any atom is 0.250 e. The molecule has 0 aliphatic rings. The number of ether oxygens (including phenoxy) is 1. The van der Waals surface area contributed by atoms with Crippen LogP contribution in [0.1, 0.15) is 0 Å². The molecule has 0 aliphatic carbocycles. The van der Waals surface area contributed by atoms with Crippen LogP contribution in [-0.2, 0) is 14.8 Å². The smallest absolute Gasteiger partial charge is 0.250 e. The molecule has 0 radical (unpaired) electrons. The number of aliphatic hydroxyl groups is 1. The standard InChI is InChI=1S/C8H12BrNO4S2/c1-14-5-6(11)4-10-16(12,13)8-3-2-7(9)15-8/h2-3,6,10-11H,4-5H2,1H3. The second-order valence-electron chi connectivity index (χ2n) is 3.02. The Morgan fingerprint density at radius 2 is 2.31 bits per heavy atom. The summed E-state index contributed by atoms with van der Waals surface area (Å²) in [5.41, 5.74) is 0. The van der Waals surface area contributed by atoms with Gasteiger partial charge in [0.2, 0.25) is 10.0 Å². The van der Waals surface area contributed by atoms with Crippen LogP contribution >= 0.6 is 27.3 Å². The third-order valence-electron chi connectivity index (χ3n) is 1.68. The Morgan fingerprint density at radius 3 is 2.81 bits per heavy atom. The zero-order chi connectivity index (χ0) is 12.2. The fraction of sp³-hybridized carbons (Fsp3) is 0.500. The maximum atomic E-state index is 11.7. The van der Waals surface area contributed by atoms with Crippen LogP contribution in [0.15, 0.2) is 20.1 Å². The summed E-state index contributed by atoms with van der Waals surface area (Å²) in [7, 11) is -2.09. The van der Waals surface area contributed by atoms with Gasteiger partial charge in [-0.2, -0.15) is 0 Å². The van der Waals surface area contributed by atoms with Crippen molar-refractivity contribution in [3.05, 3.63) is 15.9 Å². The lowest BCUT2D eigenvalue weighted by atomic mass is 10.4. The molecular formula is C8H12BrNO4S2. The van der Waals surface area contributed by atoms with Crippen molar-refractivity contribution in [2.75, 3.05) is 20.3 Å². The Morgan fingerprint density at radius 1 is 1.62 bits per heavy atom. The molecule has 0 fully saturated rings. The highest BCUT2D eigenvalue weighted by atomic mass is 79.9. The first-order chi connectivity index (χ1) is 7.45. The Kier molecular flexibility index (Phi) is 5.35. The summed E-state index contributed by atoms with van der Waals surface area (Å²) in [6.45, 7) is 0.0301. The van der Waals surface area contributed by atoms with Gasteiger partial charge in [0.15, 0.2) is 0 Å². The SMILES string of the molecule is COCC(O)CNS(=O)(=O)c1ccc(Br)s1. The average molecular weight is 330 g/mol. The van der Waals surface area contributed by atoms with Crippen LogP contribution in [-0.4, -0.2) is 39.9 Å². The number of hydrogen-bond acceptors (Lipinski definition) is 5. The van der Waals surface area contributed by atoms with Crippen LogP contribution in [0.2, 0.25) is 0 Å². The molecule has 1 unspecified atom stereocenters. The molecule has 1 aromatic heterocycles. The molecule has 0 saturated heterocycles. The monoisotopic (exact) mass is 329 g/mol. The fourth-order valence-electron chi connectivity index (χ4n) is 0.970. The van der Waals surface area contributed by atoms with Gasteiger partial charge in [0.25, 0.3) is 0 Å². The van der Waals surface area contributed by atoms with Gasteiger partial charge in [0.1, 0.15) is 4.21 Å². The number of nitrogens with one attached hydrogen (secondary N) is 1. The third kappa shape index (κ3) is 4.11. The normalized spacial score (nSPS) is 13.9. The van der Waals surface area contributed by atoms with E-state index in [0.717, 1.165) is 15.1 Å². The van der Waals surface area contributed by atoms with Gasteiger partial charge in [-0.1, -0.05) is 0 Å². The molecular weight excluding hydrogens is 318 g/mol. The van der Waals surface area contributed by atoms with E-state index in [9.17, 15) is 13.5 Å². The van der Waals surface area contributed by atoms with E-state index in [1.165, 1.54) is 13.2 Å². The van der Waals surface area contributed by atoms with E-state index in [0.29, 0.717) is 0 Å². The van der Waals surface area contributed by atoms with Crippen molar-refractivity contribution >= 4 is 37.3 Å². The van der Waals surface area contributed by atoms with Gasteiger partial charge in [-0.25, -0.2) is 13.1 Å². The minimum atomic E-state index is -3.53. The first-order valence-electron chi connectivity index (χ1n) is 4.37. The minimum absolute atomic E-state index is 0.0638. The second-order valence-corrected chi connectivity index (χ2v) is 7.48. The molecule has 92 valence electrons. The van der Waals surface area contributed by atoms with Crippen molar-refractivity contribution in [2.45, 2.75) is 10.3 Å². The van der Waals surface area contributed by atoms with Gasteiger partial charge >= 0.3 is 0 Å². The minimum Gasteiger partial charge on any atom is -0.389 e. The average Bonchev–Trinajstić information content (AvgIpc) is 2.63. The number of methoxy groups -OCH3 is 1. The molecule has 1 rings (SSSR count). The lowest BCUT2D eigenvalue weighted by Gasteiger charge is -2.10. The summed E-state index contributed by atoms with van der Waals surface area (Å²) in [5.74, 6) is 0. The van der Waals surface area contributed by atoms with Crippen LogP contribution in [0, 0.1) is 0 Å². The lowest BCUT2D eigenvalue weighted by Crippen LogP contribution is -2.34. The Hall–Kier alpha value is 0.01000. The van der Waals surface area contributed by atoms with E-state index >= 15 is 0 Å². The molecule has 0 aliphatic heterocycles. The first kappa shape index (κ1) is 14.1. The molecule has 2 N–H and O–H groups in total. The van der Waals surface area contributed by atoms with E-state index in [2.05, 4.69) is 25.4 Å². The third-order valence-corrected chi connectivity index (χ3v) is 5.22. The summed E-state index contributed by atoms with van der Waals surface area (Å²) in [6.07, 6.45) is -0.844. The molecule has 1 heterocycles.